The van der Waals surface area contributed by atoms with E-state index >= 15 is 0 Å². The first-order valence-corrected chi connectivity index (χ1v) is 17.0. The molecule has 0 atom stereocenters. The SMILES string of the molecule is O=C1c2ccccc2C(=O)N1c1ccc(Oc2ccc(C(c3ccc(Oc4ccc(N5C(=O)c6ccccc6C5=O)cc4)cc3)(C(F)(F)F)C(F)(F)F)cc2)cc1. The van der Waals surface area contributed by atoms with Gasteiger partial charge in [-0.1, -0.05) is 48.5 Å². The van der Waals surface area contributed by atoms with Crippen LogP contribution in [-0.2, 0) is 5.41 Å². The summed E-state index contributed by atoms with van der Waals surface area (Å²) in [5, 5.41) is 0. The predicted molar refractivity (Wildman–Crippen MR) is 194 cm³/mol. The van der Waals surface area contributed by atoms with Gasteiger partial charge in [0, 0.05) is 0 Å². The molecule has 2 aliphatic rings. The highest BCUT2D eigenvalue weighted by Gasteiger charge is 2.72. The molecule has 0 unspecified atom stereocenters. The smallest absolute Gasteiger partial charge is 0.411 e. The number of hydrogen-bond donors (Lipinski definition) is 0. The van der Waals surface area contributed by atoms with E-state index in [1.165, 1.54) is 72.8 Å². The fourth-order valence-electron chi connectivity index (χ4n) is 6.97. The third kappa shape index (κ3) is 6.05. The lowest BCUT2D eigenvalue weighted by atomic mass is 9.73. The maximum absolute atomic E-state index is 14.9. The molecule has 0 bridgehead atoms. The van der Waals surface area contributed by atoms with Crippen LogP contribution in [0.1, 0.15) is 52.6 Å². The van der Waals surface area contributed by atoms with Crippen LogP contribution < -0.4 is 19.3 Å². The average molecular weight is 779 g/mol. The lowest BCUT2D eigenvalue weighted by molar-refractivity contribution is -0.288. The second-order valence-electron chi connectivity index (χ2n) is 13.0. The summed E-state index contributed by atoms with van der Waals surface area (Å²) in [5.74, 6) is -1.97. The van der Waals surface area contributed by atoms with E-state index in [4.69, 9.17) is 9.47 Å². The number of carbonyl (C=O) groups is 4. The number of carbonyl (C=O) groups excluding carboxylic acids is 4. The van der Waals surface area contributed by atoms with E-state index in [2.05, 4.69) is 0 Å². The van der Waals surface area contributed by atoms with Crippen molar-refractivity contribution in [2.45, 2.75) is 17.8 Å². The molecule has 4 amide bonds. The summed E-state index contributed by atoms with van der Waals surface area (Å²) in [6.45, 7) is 0. The molecular weight excluding hydrogens is 754 g/mol. The lowest BCUT2D eigenvalue weighted by Crippen LogP contribution is -2.54. The average Bonchev–Trinajstić information content (AvgIpc) is 3.60. The highest BCUT2D eigenvalue weighted by molar-refractivity contribution is 6.35. The monoisotopic (exact) mass is 778 g/mol. The third-order valence-electron chi connectivity index (χ3n) is 9.67. The van der Waals surface area contributed by atoms with Gasteiger partial charge in [-0.3, -0.25) is 19.2 Å². The van der Waals surface area contributed by atoms with Gasteiger partial charge in [-0.2, -0.15) is 26.3 Å². The Morgan fingerprint density at radius 3 is 0.842 bits per heavy atom. The van der Waals surface area contributed by atoms with Crippen molar-refractivity contribution in [1.29, 1.82) is 0 Å². The van der Waals surface area contributed by atoms with E-state index in [0.29, 0.717) is 24.3 Å². The Kier molecular flexibility index (Phi) is 8.71. The number of anilines is 2. The quantitative estimate of drug-likeness (QED) is 0.113. The van der Waals surface area contributed by atoms with Crippen LogP contribution in [0.15, 0.2) is 146 Å². The summed E-state index contributed by atoms with van der Waals surface area (Å²) in [4.78, 5) is 53.2. The van der Waals surface area contributed by atoms with E-state index in [-0.39, 0.29) is 56.6 Å². The summed E-state index contributed by atoms with van der Waals surface area (Å²) < 4.78 is 101. The number of amides is 4. The second kappa shape index (κ2) is 13.5. The zero-order valence-corrected chi connectivity index (χ0v) is 29.0. The number of fused-ring (bicyclic) bond motifs is 2. The van der Waals surface area contributed by atoms with Crippen molar-refractivity contribution < 1.29 is 55.0 Å². The van der Waals surface area contributed by atoms with Gasteiger partial charge in [0.25, 0.3) is 23.6 Å². The summed E-state index contributed by atoms with van der Waals surface area (Å²) in [6.07, 6.45) is -11.7. The molecule has 0 spiro atoms. The Hall–Kier alpha value is -7.22. The fraction of sp³-hybridized carbons (Fsp3) is 0.0698. The van der Waals surface area contributed by atoms with E-state index in [1.807, 2.05) is 0 Å². The van der Waals surface area contributed by atoms with Gasteiger partial charge in [0.1, 0.15) is 23.0 Å². The summed E-state index contributed by atoms with van der Waals surface area (Å²) in [6, 6.07) is 30.5. The van der Waals surface area contributed by atoms with Gasteiger partial charge < -0.3 is 9.47 Å². The van der Waals surface area contributed by atoms with Crippen LogP contribution in [0.2, 0.25) is 0 Å². The summed E-state index contributed by atoms with van der Waals surface area (Å²) in [7, 11) is 0. The van der Waals surface area contributed by atoms with E-state index in [1.54, 1.807) is 24.3 Å². The molecule has 8 nitrogen and oxygen atoms in total. The topological polar surface area (TPSA) is 93.2 Å². The molecule has 0 aliphatic carbocycles. The van der Waals surface area contributed by atoms with Crippen LogP contribution in [0.5, 0.6) is 23.0 Å². The molecule has 57 heavy (non-hydrogen) atoms. The summed E-state index contributed by atoms with van der Waals surface area (Å²) >= 11 is 0. The highest BCUT2D eigenvalue weighted by Crippen LogP contribution is 2.56. The number of alkyl halides is 6. The van der Waals surface area contributed by atoms with Gasteiger partial charge in [0.05, 0.1) is 33.6 Å². The second-order valence-corrected chi connectivity index (χ2v) is 13.0. The number of hydrogen-bond acceptors (Lipinski definition) is 6. The van der Waals surface area contributed by atoms with Crippen molar-refractivity contribution in [1.82, 2.24) is 0 Å². The molecular formula is C43H24F6N2O6. The first-order chi connectivity index (χ1) is 27.2. The Morgan fingerprint density at radius 2 is 0.596 bits per heavy atom. The van der Waals surface area contributed by atoms with Crippen molar-refractivity contribution in [2.75, 3.05) is 9.80 Å². The molecule has 6 aromatic rings. The molecule has 6 aromatic carbocycles. The number of ether oxygens (including phenoxy) is 2. The molecule has 284 valence electrons. The minimum atomic E-state index is -5.85. The largest absolute Gasteiger partial charge is 0.457 e. The van der Waals surface area contributed by atoms with Crippen molar-refractivity contribution in [3.8, 4) is 23.0 Å². The maximum atomic E-state index is 14.9. The predicted octanol–water partition coefficient (Wildman–Crippen LogP) is 10.3. The van der Waals surface area contributed by atoms with Crippen molar-refractivity contribution in [3.05, 3.63) is 179 Å². The zero-order valence-electron chi connectivity index (χ0n) is 29.0. The normalized spacial score (nSPS) is 14.2. The van der Waals surface area contributed by atoms with Crippen molar-refractivity contribution in [2.24, 2.45) is 0 Å². The Morgan fingerprint density at radius 1 is 0.351 bits per heavy atom. The van der Waals surface area contributed by atoms with Gasteiger partial charge in [0.2, 0.25) is 5.41 Å². The highest BCUT2D eigenvalue weighted by atomic mass is 19.4. The van der Waals surface area contributed by atoms with Crippen molar-refractivity contribution >= 4 is 35.0 Å². The number of imide groups is 2. The molecule has 0 saturated heterocycles. The van der Waals surface area contributed by atoms with Gasteiger partial charge in [0.15, 0.2) is 0 Å². The first-order valence-electron chi connectivity index (χ1n) is 17.0. The van der Waals surface area contributed by atoms with E-state index < -0.39 is 52.5 Å². The molecule has 2 aliphatic heterocycles. The van der Waals surface area contributed by atoms with Crippen LogP contribution >= 0.6 is 0 Å². The number of rotatable bonds is 8. The van der Waals surface area contributed by atoms with Crippen LogP contribution in [0.3, 0.4) is 0 Å². The van der Waals surface area contributed by atoms with Gasteiger partial charge in [-0.25, -0.2) is 9.80 Å². The minimum absolute atomic E-state index is 0.0803. The fourth-order valence-corrected chi connectivity index (χ4v) is 6.97. The van der Waals surface area contributed by atoms with E-state index in [0.717, 1.165) is 34.1 Å². The Labute approximate surface area is 319 Å². The van der Waals surface area contributed by atoms with Crippen LogP contribution in [-0.4, -0.2) is 36.0 Å². The molecule has 0 aromatic heterocycles. The van der Waals surface area contributed by atoms with Crippen molar-refractivity contribution in [3.63, 3.8) is 0 Å². The lowest BCUT2D eigenvalue weighted by Gasteiger charge is -2.38. The molecule has 0 fully saturated rings. The Balaban J connectivity index is 1.00. The number of nitrogens with zero attached hydrogens (tertiary/aromatic N) is 2. The van der Waals surface area contributed by atoms with Crippen LogP contribution in [0, 0.1) is 0 Å². The number of halogens is 6. The van der Waals surface area contributed by atoms with Crippen LogP contribution in [0.25, 0.3) is 0 Å². The summed E-state index contributed by atoms with van der Waals surface area (Å²) in [5.41, 5.74) is -5.24. The zero-order chi connectivity index (χ0) is 40.3. The van der Waals surface area contributed by atoms with Crippen LogP contribution in [0.4, 0.5) is 37.7 Å². The number of benzene rings is 6. The van der Waals surface area contributed by atoms with Gasteiger partial charge in [-0.05, 0) is 108 Å². The van der Waals surface area contributed by atoms with Gasteiger partial charge in [-0.15, -0.1) is 0 Å². The van der Waals surface area contributed by atoms with E-state index in [9.17, 15) is 45.5 Å². The molecule has 8 rings (SSSR count). The first kappa shape index (κ1) is 36.7. The molecule has 2 heterocycles. The molecule has 14 heteroatoms. The minimum Gasteiger partial charge on any atom is -0.457 e. The molecule has 0 N–H and O–H groups in total. The Bertz CT molecular complexity index is 2320. The molecule has 0 saturated carbocycles. The maximum Gasteiger partial charge on any atom is 0.411 e. The van der Waals surface area contributed by atoms with Gasteiger partial charge >= 0.3 is 12.4 Å². The standard InChI is InChI=1S/C43H24F6N2O6/c44-42(45,46)41(43(47,48)49,25-9-17-29(18-10-25)56-31-21-13-27(14-22-31)50-37(52)33-5-1-2-6-34(33)38(50)53)26-11-19-30(20-12-26)57-32-23-15-28(16-24-32)51-39(54)35-7-3-4-8-36(35)40(51)55/h1-24H. The third-order valence-corrected chi connectivity index (χ3v) is 9.67. The molecule has 0 radical (unpaired) electrons.